The molecule has 2 aromatic rings. The first-order valence-electron chi connectivity index (χ1n) is 8.52. The molecule has 7 heteroatoms. The van der Waals surface area contributed by atoms with Gasteiger partial charge in [-0.3, -0.25) is 4.90 Å². The average Bonchev–Trinajstić information content (AvgIpc) is 2.64. The molecule has 1 heterocycles. The van der Waals surface area contributed by atoms with Crippen LogP contribution in [0.15, 0.2) is 47.4 Å². The van der Waals surface area contributed by atoms with Crippen molar-refractivity contribution in [3.05, 3.63) is 58.6 Å². The standard InChI is InChI=1S/C19H23ClN2O3S/c1-15-13-17(7-8-19(15)25-2)26(23,24)22-11-9-21(10-12-22)14-16-5-3-4-6-18(16)20/h3-8,13H,9-12,14H2,1-2H3. The zero-order valence-electron chi connectivity index (χ0n) is 15.0. The molecule has 5 nitrogen and oxygen atoms in total. The van der Waals surface area contributed by atoms with Crippen molar-refractivity contribution in [2.24, 2.45) is 0 Å². The van der Waals surface area contributed by atoms with Gasteiger partial charge >= 0.3 is 0 Å². The molecule has 3 rings (SSSR count). The van der Waals surface area contributed by atoms with Gasteiger partial charge in [0.05, 0.1) is 12.0 Å². The monoisotopic (exact) mass is 394 g/mol. The van der Waals surface area contributed by atoms with Gasteiger partial charge in [0.15, 0.2) is 0 Å². The third-order valence-electron chi connectivity index (χ3n) is 4.69. The van der Waals surface area contributed by atoms with Crippen LogP contribution < -0.4 is 4.74 Å². The van der Waals surface area contributed by atoms with Crippen molar-refractivity contribution in [3.8, 4) is 5.75 Å². The molecule has 0 amide bonds. The minimum absolute atomic E-state index is 0.315. The molecule has 0 aromatic heterocycles. The highest BCUT2D eigenvalue weighted by atomic mass is 35.5. The van der Waals surface area contributed by atoms with E-state index in [1.54, 1.807) is 29.6 Å². The molecule has 0 radical (unpaired) electrons. The maximum Gasteiger partial charge on any atom is 0.243 e. The molecular weight excluding hydrogens is 372 g/mol. The Hall–Kier alpha value is -1.60. The summed E-state index contributed by atoms with van der Waals surface area (Å²) < 4.78 is 32.6. The number of hydrogen-bond acceptors (Lipinski definition) is 4. The topological polar surface area (TPSA) is 49.9 Å². The lowest BCUT2D eigenvalue weighted by atomic mass is 10.2. The van der Waals surface area contributed by atoms with Gasteiger partial charge in [-0.2, -0.15) is 4.31 Å². The van der Waals surface area contributed by atoms with Crippen LogP contribution >= 0.6 is 11.6 Å². The van der Waals surface area contributed by atoms with Crippen molar-refractivity contribution in [3.63, 3.8) is 0 Å². The second kappa shape index (κ2) is 7.96. The van der Waals surface area contributed by atoms with E-state index in [0.29, 0.717) is 36.8 Å². The van der Waals surface area contributed by atoms with Crippen molar-refractivity contribution >= 4 is 21.6 Å². The van der Waals surface area contributed by atoms with Crippen LogP contribution in [0.5, 0.6) is 5.75 Å². The van der Waals surface area contributed by atoms with E-state index in [1.165, 1.54) is 0 Å². The number of nitrogens with zero attached hydrogens (tertiary/aromatic N) is 2. The molecule has 0 bridgehead atoms. The zero-order chi connectivity index (χ0) is 18.7. The molecule has 1 fully saturated rings. The highest BCUT2D eigenvalue weighted by Gasteiger charge is 2.29. The van der Waals surface area contributed by atoms with Crippen molar-refractivity contribution in [1.82, 2.24) is 9.21 Å². The number of aryl methyl sites for hydroxylation is 1. The molecule has 0 N–H and O–H groups in total. The van der Waals surface area contributed by atoms with Crippen LogP contribution in [0.4, 0.5) is 0 Å². The lowest BCUT2D eigenvalue weighted by molar-refractivity contribution is 0.181. The van der Waals surface area contributed by atoms with Gasteiger partial charge in [0.1, 0.15) is 5.75 Å². The molecule has 26 heavy (non-hydrogen) atoms. The maximum absolute atomic E-state index is 12.9. The quantitative estimate of drug-likeness (QED) is 0.781. The van der Waals surface area contributed by atoms with E-state index in [1.807, 2.05) is 31.2 Å². The Labute approximate surface area is 160 Å². The molecule has 0 atom stereocenters. The molecule has 0 aliphatic carbocycles. The smallest absolute Gasteiger partial charge is 0.243 e. The molecule has 1 saturated heterocycles. The van der Waals surface area contributed by atoms with Crippen molar-refractivity contribution in [2.45, 2.75) is 18.4 Å². The molecule has 0 unspecified atom stereocenters. The summed E-state index contributed by atoms with van der Waals surface area (Å²) in [6, 6.07) is 12.7. The number of sulfonamides is 1. The molecular formula is C19H23ClN2O3S. The minimum atomic E-state index is -3.49. The van der Waals surface area contributed by atoms with Crippen LogP contribution in [0.1, 0.15) is 11.1 Å². The van der Waals surface area contributed by atoms with Gasteiger partial charge in [-0.15, -0.1) is 0 Å². The summed E-state index contributed by atoms with van der Waals surface area (Å²) in [6.45, 7) is 4.88. The van der Waals surface area contributed by atoms with Crippen LogP contribution in [-0.4, -0.2) is 50.9 Å². The number of hydrogen-bond donors (Lipinski definition) is 0. The van der Waals surface area contributed by atoms with Crippen molar-refractivity contribution < 1.29 is 13.2 Å². The predicted octanol–water partition coefficient (Wildman–Crippen LogP) is 3.16. The highest BCUT2D eigenvalue weighted by Crippen LogP contribution is 2.25. The second-order valence-electron chi connectivity index (χ2n) is 6.40. The number of piperazine rings is 1. The summed E-state index contributed by atoms with van der Waals surface area (Å²) in [7, 11) is -1.91. The zero-order valence-corrected chi connectivity index (χ0v) is 16.6. The van der Waals surface area contributed by atoms with Crippen LogP contribution in [0, 0.1) is 6.92 Å². The molecule has 2 aromatic carbocycles. The number of benzene rings is 2. The Morgan fingerprint density at radius 1 is 1.08 bits per heavy atom. The Morgan fingerprint density at radius 3 is 2.38 bits per heavy atom. The molecule has 140 valence electrons. The Kier molecular flexibility index (Phi) is 5.87. The minimum Gasteiger partial charge on any atom is -0.496 e. The largest absolute Gasteiger partial charge is 0.496 e. The van der Waals surface area contributed by atoms with E-state index in [4.69, 9.17) is 16.3 Å². The third kappa shape index (κ3) is 4.04. The lowest BCUT2D eigenvalue weighted by Crippen LogP contribution is -2.48. The van der Waals surface area contributed by atoms with Crippen LogP contribution in [0.25, 0.3) is 0 Å². The normalized spacial score (nSPS) is 16.6. The van der Waals surface area contributed by atoms with Gasteiger partial charge in [-0.1, -0.05) is 29.8 Å². The Bertz CT molecular complexity index is 878. The number of methoxy groups -OCH3 is 1. The van der Waals surface area contributed by atoms with Gasteiger partial charge in [0.25, 0.3) is 0 Å². The summed E-state index contributed by atoms with van der Waals surface area (Å²) in [5.74, 6) is 0.688. The second-order valence-corrected chi connectivity index (χ2v) is 8.75. The fourth-order valence-electron chi connectivity index (χ4n) is 3.16. The summed E-state index contributed by atoms with van der Waals surface area (Å²) in [6.07, 6.45) is 0. The molecule has 1 aliphatic heterocycles. The van der Waals surface area contributed by atoms with Gasteiger partial charge in [-0.25, -0.2) is 8.42 Å². The van der Waals surface area contributed by atoms with Gasteiger partial charge in [-0.05, 0) is 42.3 Å². The van der Waals surface area contributed by atoms with Crippen molar-refractivity contribution in [1.29, 1.82) is 0 Å². The van der Waals surface area contributed by atoms with E-state index in [0.717, 1.165) is 22.7 Å². The molecule has 0 saturated carbocycles. The van der Waals surface area contributed by atoms with E-state index in [2.05, 4.69) is 4.90 Å². The highest BCUT2D eigenvalue weighted by molar-refractivity contribution is 7.89. The average molecular weight is 395 g/mol. The molecule has 1 aliphatic rings. The van der Waals surface area contributed by atoms with Crippen molar-refractivity contribution in [2.75, 3.05) is 33.3 Å². The Balaban J connectivity index is 1.67. The van der Waals surface area contributed by atoms with Crippen LogP contribution in [-0.2, 0) is 16.6 Å². The van der Waals surface area contributed by atoms with Crippen LogP contribution in [0.3, 0.4) is 0 Å². The fraction of sp³-hybridized carbons (Fsp3) is 0.368. The first-order valence-corrected chi connectivity index (χ1v) is 10.3. The van der Waals surface area contributed by atoms with E-state index in [-0.39, 0.29) is 0 Å². The first kappa shape index (κ1) is 19.2. The molecule has 0 spiro atoms. The predicted molar refractivity (Wildman–Crippen MR) is 103 cm³/mol. The summed E-state index contributed by atoms with van der Waals surface area (Å²) >= 11 is 6.22. The SMILES string of the molecule is COc1ccc(S(=O)(=O)N2CCN(Cc3ccccc3Cl)CC2)cc1C. The maximum atomic E-state index is 12.9. The van der Waals surface area contributed by atoms with Crippen LogP contribution in [0.2, 0.25) is 5.02 Å². The van der Waals surface area contributed by atoms with Gasteiger partial charge in [0.2, 0.25) is 10.0 Å². The van der Waals surface area contributed by atoms with E-state index >= 15 is 0 Å². The Morgan fingerprint density at radius 2 is 1.77 bits per heavy atom. The number of halogens is 1. The summed E-state index contributed by atoms with van der Waals surface area (Å²) in [5.41, 5.74) is 1.88. The third-order valence-corrected chi connectivity index (χ3v) is 6.95. The summed E-state index contributed by atoms with van der Waals surface area (Å²) in [5, 5.41) is 0.747. The fourth-order valence-corrected chi connectivity index (χ4v) is 4.86. The van der Waals surface area contributed by atoms with Gasteiger partial charge in [0, 0.05) is 37.7 Å². The lowest BCUT2D eigenvalue weighted by Gasteiger charge is -2.34. The first-order chi connectivity index (χ1) is 12.4. The van der Waals surface area contributed by atoms with E-state index < -0.39 is 10.0 Å². The number of rotatable bonds is 5. The summed E-state index contributed by atoms with van der Waals surface area (Å²) in [4.78, 5) is 2.54. The number of ether oxygens (including phenoxy) is 1. The van der Waals surface area contributed by atoms with Gasteiger partial charge < -0.3 is 4.74 Å². The van der Waals surface area contributed by atoms with E-state index in [9.17, 15) is 8.42 Å².